The number of tetrazole rings is 1. The fraction of sp³-hybridized carbons (Fsp3) is 0.533. The number of hydrogen-bond acceptors (Lipinski definition) is 7. The van der Waals surface area contributed by atoms with Crippen molar-refractivity contribution in [3.05, 3.63) is 24.2 Å². The predicted molar refractivity (Wildman–Crippen MR) is 87.9 cm³/mol. The van der Waals surface area contributed by atoms with E-state index in [2.05, 4.69) is 21.6 Å². The number of hydrogen-bond donors (Lipinski definition) is 0. The van der Waals surface area contributed by atoms with Crippen LogP contribution in [0.4, 0.5) is 0 Å². The van der Waals surface area contributed by atoms with Gasteiger partial charge in [-0.05, 0) is 43.3 Å². The minimum atomic E-state index is -0.260. The zero-order valence-electron chi connectivity index (χ0n) is 14.0. The van der Waals surface area contributed by atoms with Gasteiger partial charge < -0.3 is 9.32 Å². The van der Waals surface area contributed by atoms with Crippen LogP contribution < -0.4 is 0 Å². The summed E-state index contributed by atoms with van der Waals surface area (Å²) in [5.74, 6) is 0.795. The van der Waals surface area contributed by atoms with E-state index in [0.29, 0.717) is 24.0 Å². The fourth-order valence-corrected chi connectivity index (χ4v) is 2.94. The molecule has 2 aromatic heterocycles. The Morgan fingerprint density at radius 1 is 1.50 bits per heavy atom. The number of furan rings is 1. The van der Waals surface area contributed by atoms with Crippen molar-refractivity contribution in [2.45, 2.75) is 44.4 Å². The molecule has 9 heteroatoms. The van der Waals surface area contributed by atoms with E-state index in [1.807, 2.05) is 20.8 Å². The lowest BCUT2D eigenvalue weighted by molar-refractivity contribution is -0.129. The Morgan fingerprint density at radius 2 is 2.29 bits per heavy atom. The van der Waals surface area contributed by atoms with Gasteiger partial charge in [-0.1, -0.05) is 11.8 Å². The van der Waals surface area contributed by atoms with Gasteiger partial charge in [0.25, 0.3) is 0 Å². The molecule has 0 saturated heterocycles. The molecule has 2 heterocycles. The van der Waals surface area contributed by atoms with Gasteiger partial charge in [-0.2, -0.15) is 5.26 Å². The standard InChI is InChI=1S/C15H20N6O2S/c1-15(2,3)21-14(17-18-19-21)24-11-13(22)20(8-5-7-16)10-12-6-4-9-23-12/h4,6,9H,5,8,10-11H2,1-3H3. The second-order valence-corrected chi connectivity index (χ2v) is 7.08. The number of aromatic nitrogens is 4. The minimum absolute atomic E-state index is 0.0879. The zero-order valence-corrected chi connectivity index (χ0v) is 14.8. The van der Waals surface area contributed by atoms with E-state index in [4.69, 9.17) is 9.68 Å². The maximum Gasteiger partial charge on any atom is 0.233 e. The SMILES string of the molecule is CC(C)(C)n1nnnc1SCC(=O)N(CCC#N)Cc1ccco1. The summed E-state index contributed by atoms with van der Waals surface area (Å²) in [6.07, 6.45) is 1.84. The van der Waals surface area contributed by atoms with Gasteiger partial charge in [0.2, 0.25) is 11.1 Å². The lowest BCUT2D eigenvalue weighted by atomic mass is 10.1. The van der Waals surface area contributed by atoms with E-state index in [0.717, 1.165) is 0 Å². The summed E-state index contributed by atoms with van der Waals surface area (Å²) in [7, 11) is 0. The van der Waals surface area contributed by atoms with Gasteiger partial charge in [-0.15, -0.1) is 5.10 Å². The van der Waals surface area contributed by atoms with Crippen molar-refractivity contribution in [3.8, 4) is 6.07 Å². The number of carbonyl (C=O) groups excluding carboxylic acids is 1. The van der Waals surface area contributed by atoms with Crippen LogP contribution in [-0.2, 0) is 16.9 Å². The molecule has 0 aliphatic heterocycles. The number of amides is 1. The van der Waals surface area contributed by atoms with Crippen LogP contribution >= 0.6 is 11.8 Å². The molecule has 0 N–H and O–H groups in total. The van der Waals surface area contributed by atoms with Crippen LogP contribution in [0.2, 0.25) is 0 Å². The molecule has 8 nitrogen and oxygen atoms in total. The summed E-state index contributed by atoms with van der Waals surface area (Å²) < 4.78 is 6.98. The Labute approximate surface area is 144 Å². The van der Waals surface area contributed by atoms with E-state index in [1.54, 1.807) is 28.0 Å². The average molecular weight is 348 g/mol. The normalized spacial score (nSPS) is 11.2. The van der Waals surface area contributed by atoms with Crippen LogP contribution in [0.1, 0.15) is 33.0 Å². The quantitative estimate of drug-likeness (QED) is 0.706. The van der Waals surface area contributed by atoms with Gasteiger partial charge in [0.1, 0.15) is 5.76 Å². The molecule has 0 radical (unpaired) electrons. The van der Waals surface area contributed by atoms with Crippen molar-refractivity contribution in [1.29, 1.82) is 5.26 Å². The summed E-state index contributed by atoms with van der Waals surface area (Å²) >= 11 is 1.29. The van der Waals surface area contributed by atoms with Crippen molar-refractivity contribution in [2.75, 3.05) is 12.3 Å². The van der Waals surface area contributed by atoms with Crippen LogP contribution in [0, 0.1) is 11.3 Å². The lowest BCUT2D eigenvalue weighted by Crippen LogP contribution is -2.33. The topological polar surface area (TPSA) is 101 Å². The number of thioether (sulfide) groups is 1. The summed E-state index contributed by atoms with van der Waals surface area (Å²) in [5.41, 5.74) is -0.260. The van der Waals surface area contributed by atoms with Crippen molar-refractivity contribution in [2.24, 2.45) is 0 Å². The zero-order chi connectivity index (χ0) is 17.6. The predicted octanol–water partition coefficient (Wildman–Crippen LogP) is 2.06. The van der Waals surface area contributed by atoms with Gasteiger partial charge in [0, 0.05) is 6.54 Å². The second-order valence-electron chi connectivity index (χ2n) is 6.14. The van der Waals surface area contributed by atoms with E-state index in [9.17, 15) is 4.79 Å². The molecule has 0 aliphatic rings. The summed E-state index contributed by atoms with van der Waals surface area (Å²) in [6.45, 7) is 6.68. The van der Waals surface area contributed by atoms with Crippen molar-refractivity contribution >= 4 is 17.7 Å². The molecule has 0 saturated carbocycles. The maximum absolute atomic E-state index is 12.5. The van der Waals surface area contributed by atoms with E-state index in [-0.39, 0.29) is 23.6 Å². The van der Waals surface area contributed by atoms with E-state index in [1.165, 1.54) is 11.8 Å². The van der Waals surface area contributed by atoms with E-state index < -0.39 is 0 Å². The Balaban J connectivity index is 2.00. The molecule has 0 aliphatic carbocycles. The number of nitrogens with zero attached hydrogens (tertiary/aromatic N) is 6. The Bertz CT molecular complexity index is 698. The van der Waals surface area contributed by atoms with Crippen molar-refractivity contribution in [3.63, 3.8) is 0 Å². The van der Waals surface area contributed by atoms with Crippen molar-refractivity contribution < 1.29 is 9.21 Å². The van der Waals surface area contributed by atoms with Gasteiger partial charge >= 0.3 is 0 Å². The van der Waals surface area contributed by atoms with Crippen LogP contribution in [0.15, 0.2) is 28.0 Å². The molecule has 0 bridgehead atoms. The Kier molecular flexibility index (Phi) is 5.98. The first-order valence-electron chi connectivity index (χ1n) is 7.50. The molecule has 0 spiro atoms. The first-order valence-corrected chi connectivity index (χ1v) is 8.49. The minimum Gasteiger partial charge on any atom is -0.467 e. The summed E-state index contributed by atoms with van der Waals surface area (Å²) in [6, 6.07) is 5.64. The number of carbonyl (C=O) groups is 1. The van der Waals surface area contributed by atoms with E-state index >= 15 is 0 Å². The van der Waals surface area contributed by atoms with Crippen LogP contribution in [0.3, 0.4) is 0 Å². The molecule has 2 aromatic rings. The van der Waals surface area contributed by atoms with Crippen LogP contribution in [0.25, 0.3) is 0 Å². The molecular formula is C15H20N6O2S. The van der Waals surface area contributed by atoms with Gasteiger partial charge in [-0.3, -0.25) is 4.79 Å². The largest absolute Gasteiger partial charge is 0.467 e. The molecular weight excluding hydrogens is 328 g/mol. The van der Waals surface area contributed by atoms with Crippen LogP contribution in [-0.4, -0.2) is 43.3 Å². The first kappa shape index (κ1) is 18.0. The third kappa shape index (κ3) is 4.83. The van der Waals surface area contributed by atoms with Gasteiger partial charge in [0.05, 0.1) is 36.6 Å². The first-order chi connectivity index (χ1) is 11.4. The van der Waals surface area contributed by atoms with Crippen LogP contribution in [0.5, 0.6) is 0 Å². The molecule has 0 atom stereocenters. The fourth-order valence-electron chi connectivity index (χ4n) is 1.98. The highest BCUT2D eigenvalue weighted by Gasteiger charge is 2.22. The number of nitriles is 1. The van der Waals surface area contributed by atoms with Gasteiger partial charge in [-0.25, -0.2) is 4.68 Å². The average Bonchev–Trinajstić information content (AvgIpc) is 3.19. The smallest absolute Gasteiger partial charge is 0.233 e. The Hall–Kier alpha value is -2.34. The third-order valence-electron chi connectivity index (χ3n) is 3.17. The van der Waals surface area contributed by atoms with Crippen molar-refractivity contribution in [1.82, 2.24) is 25.1 Å². The third-order valence-corrected chi connectivity index (χ3v) is 4.08. The Morgan fingerprint density at radius 3 is 2.92 bits per heavy atom. The molecule has 0 aromatic carbocycles. The highest BCUT2D eigenvalue weighted by Crippen LogP contribution is 2.22. The summed E-state index contributed by atoms with van der Waals surface area (Å²) in [5, 5.41) is 21.0. The highest BCUT2D eigenvalue weighted by atomic mass is 32.2. The second kappa shape index (κ2) is 7.97. The van der Waals surface area contributed by atoms with Gasteiger partial charge in [0.15, 0.2) is 0 Å². The molecule has 128 valence electrons. The molecule has 2 rings (SSSR count). The molecule has 24 heavy (non-hydrogen) atoms. The molecule has 1 amide bonds. The highest BCUT2D eigenvalue weighted by molar-refractivity contribution is 7.99. The number of rotatable bonds is 7. The summed E-state index contributed by atoms with van der Waals surface area (Å²) in [4.78, 5) is 14.1. The molecule has 0 unspecified atom stereocenters. The monoisotopic (exact) mass is 348 g/mol. The molecule has 0 fully saturated rings. The lowest BCUT2D eigenvalue weighted by Gasteiger charge is -2.21. The maximum atomic E-state index is 12.5.